The van der Waals surface area contributed by atoms with Crippen molar-refractivity contribution in [1.82, 2.24) is 34.1 Å². The molecule has 1 atom stereocenters. The van der Waals surface area contributed by atoms with E-state index in [-0.39, 0.29) is 35.8 Å². The molecule has 1 fully saturated rings. The molecule has 12 nitrogen and oxygen atoms in total. The fourth-order valence-electron chi connectivity index (χ4n) is 5.36. The zero-order chi connectivity index (χ0) is 32.3. The molecule has 2 aromatic carbocycles. The Bertz CT molecular complexity index is 2020. The van der Waals surface area contributed by atoms with Gasteiger partial charge in [-0.3, -0.25) is 19.3 Å². The SMILES string of the molecule is CN(CCn1c(=O)c(-c2ccc(-c3cnccn3)cc2F)cc2cnc(Nc3ccc(NC4CCCNC4)cc3)nc21)S(C)(=O)=O. The van der Waals surface area contributed by atoms with E-state index in [4.69, 9.17) is 0 Å². The molecule has 14 heteroatoms. The van der Waals surface area contributed by atoms with Crippen LogP contribution in [0.1, 0.15) is 12.8 Å². The van der Waals surface area contributed by atoms with E-state index in [9.17, 15) is 13.2 Å². The van der Waals surface area contributed by atoms with Crippen LogP contribution in [-0.2, 0) is 16.6 Å². The molecule has 4 heterocycles. The summed E-state index contributed by atoms with van der Waals surface area (Å²) in [6, 6.07) is 14.2. The van der Waals surface area contributed by atoms with E-state index in [0.29, 0.717) is 22.7 Å². The van der Waals surface area contributed by atoms with Crippen LogP contribution in [0.5, 0.6) is 0 Å². The van der Waals surface area contributed by atoms with Crippen LogP contribution >= 0.6 is 0 Å². The minimum atomic E-state index is -3.51. The molecule has 6 rings (SSSR count). The van der Waals surface area contributed by atoms with Crippen LogP contribution in [0.2, 0.25) is 0 Å². The number of halogens is 1. The van der Waals surface area contributed by atoms with Crippen LogP contribution in [0.25, 0.3) is 33.4 Å². The summed E-state index contributed by atoms with van der Waals surface area (Å²) >= 11 is 0. The molecule has 0 amide bonds. The first-order valence-electron chi connectivity index (χ1n) is 14.9. The number of piperidine rings is 1. The van der Waals surface area contributed by atoms with Gasteiger partial charge in [-0.15, -0.1) is 0 Å². The monoisotopic (exact) mass is 643 g/mol. The number of benzene rings is 2. The molecule has 0 radical (unpaired) electrons. The van der Waals surface area contributed by atoms with Crippen LogP contribution in [0, 0.1) is 5.82 Å². The minimum absolute atomic E-state index is 0.00311. The van der Waals surface area contributed by atoms with Gasteiger partial charge in [-0.1, -0.05) is 12.1 Å². The lowest BCUT2D eigenvalue weighted by Crippen LogP contribution is -2.38. The summed E-state index contributed by atoms with van der Waals surface area (Å²) in [7, 11) is -2.07. The molecule has 0 spiro atoms. The van der Waals surface area contributed by atoms with E-state index in [0.717, 1.165) is 47.9 Å². The largest absolute Gasteiger partial charge is 0.381 e. The molecule has 238 valence electrons. The summed E-state index contributed by atoms with van der Waals surface area (Å²) in [5, 5.41) is 10.6. The number of fused-ring (bicyclic) bond motifs is 1. The van der Waals surface area contributed by atoms with Crippen molar-refractivity contribution in [2.75, 3.05) is 43.6 Å². The molecule has 46 heavy (non-hydrogen) atoms. The topological polar surface area (TPSA) is 147 Å². The molecule has 5 aromatic rings. The van der Waals surface area contributed by atoms with E-state index >= 15 is 4.39 Å². The average molecular weight is 644 g/mol. The van der Waals surface area contributed by atoms with Crippen molar-refractivity contribution in [2.24, 2.45) is 0 Å². The quantitative estimate of drug-likeness (QED) is 0.205. The van der Waals surface area contributed by atoms with Crippen LogP contribution in [-0.4, -0.2) is 76.2 Å². The second kappa shape index (κ2) is 13.3. The second-order valence-corrected chi connectivity index (χ2v) is 13.3. The number of likely N-dealkylation sites (N-methyl/N-ethyl adjacent to an activating group) is 1. The van der Waals surface area contributed by atoms with Crippen molar-refractivity contribution in [3.63, 3.8) is 0 Å². The Morgan fingerprint density at radius 2 is 1.85 bits per heavy atom. The molecule has 1 unspecified atom stereocenters. The molecule has 1 saturated heterocycles. The Balaban J connectivity index is 1.33. The predicted octanol–water partition coefficient (Wildman–Crippen LogP) is 3.85. The highest BCUT2D eigenvalue weighted by Crippen LogP contribution is 2.28. The van der Waals surface area contributed by atoms with Crippen molar-refractivity contribution in [2.45, 2.75) is 25.4 Å². The molecule has 1 aliphatic heterocycles. The first-order valence-corrected chi connectivity index (χ1v) is 16.7. The highest BCUT2D eigenvalue weighted by molar-refractivity contribution is 7.88. The van der Waals surface area contributed by atoms with Crippen LogP contribution in [0.15, 0.2) is 78.1 Å². The number of nitrogens with one attached hydrogen (secondary N) is 3. The first kappa shape index (κ1) is 31.2. The molecule has 3 aromatic heterocycles. The Labute approximate surface area is 265 Å². The Morgan fingerprint density at radius 1 is 1.04 bits per heavy atom. The second-order valence-electron chi connectivity index (χ2n) is 11.2. The third-order valence-corrected chi connectivity index (χ3v) is 9.27. The molecular weight excluding hydrogens is 609 g/mol. The predicted molar refractivity (Wildman–Crippen MR) is 177 cm³/mol. The average Bonchev–Trinajstić information content (AvgIpc) is 3.05. The van der Waals surface area contributed by atoms with Gasteiger partial charge < -0.3 is 16.0 Å². The van der Waals surface area contributed by atoms with Crippen molar-refractivity contribution in [3.05, 3.63) is 89.5 Å². The number of pyridine rings is 1. The Morgan fingerprint density at radius 3 is 2.54 bits per heavy atom. The number of hydrogen-bond acceptors (Lipinski definition) is 10. The van der Waals surface area contributed by atoms with Gasteiger partial charge in [-0.2, -0.15) is 4.98 Å². The van der Waals surface area contributed by atoms with Gasteiger partial charge in [-0.25, -0.2) is 22.1 Å². The van der Waals surface area contributed by atoms with Crippen LogP contribution in [0.4, 0.5) is 21.7 Å². The third kappa shape index (κ3) is 7.03. The normalized spacial score (nSPS) is 15.3. The zero-order valence-electron chi connectivity index (χ0n) is 25.4. The van der Waals surface area contributed by atoms with Gasteiger partial charge in [0.15, 0.2) is 0 Å². The van der Waals surface area contributed by atoms with Crippen molar-refractivity contribution in [1.29, 1.82) is 0 Å². The van der Waals surface area contributed by atoms with Gasteiger partial charge in [0.05, 0.1) is 23.7 Å². The van der Waals surface area contributed by atoms with Gasteiger partial charge in [0.1, 0.15) is 11.5 Å². The van der Waals surface area contributed by atoms with E-state index < -0.39 is 21.4 Å². The van der Waals surface area contributed by atoms with Gasteiger partial charge in [0, 0.05) is 79.2 Å². The smallest absolute Gasteiger partial charge is 0.260 e. The third-order valence-electron chi connectivity index (χ3n) is 7.96. The summed E-state index contributed by atoms with van der Waals surface area (Å²) in [5.41, 5.74) is 2.72. The van der Waals surface area contributed by atoms with Crippen molar-refractivity contribution >= 4 is 38.4 Å². The number of rotatable bonds is 10. The number of hydrogen-bond donors (Lipinski definition) is 3. The zero-order valence-corrected chi connectivity index (χ0v) is 26.3. The minimum Gasteiger partial charge on any atom is -0.381 e. The maximum Gasteiger partial charge on any atom is 0.260 e. The Kier molecular flexibility index (Phi) is 9.01. The highest BCUT2D eigenvalue weighted by atomic mass is 32.2. The van der Waals surface area contributed by atoms with Gasteiger partial charge >= 0.3 is 0 Å². The standard InChI is InChI=1S/C32H34FN9O3S/c1-41(46(2,44)45)14-15-42-30-22(16-27(31(42)43)26-10-5-21(17-28(26)33)29-20-35-12-13-36-29)18-37-32(40-30)39-24-8-6-23(7-9-24)38-25-4-3-11-34-19-25/h5-10,12-13,16-18,20,25,34,38H,3-4,11,14-15,19H2,1-2H3,(H,37,39,40). The van der Waals surface area contributed by atoms with Crippen molar-refractivity contribution in [3.8, 4) is 22.4 Å². The maximum absolute atomic E-state index is 15.5. The summed E-state index contributed by atoms with van der Waals surface area (Å²) in [6.45, 7) is 1.96. The molecule has 0 saturated carbocycles. The summed E-state index contributed by atoms with van der Waals surface area (Å²) in [6.07, 6.45) is 9.47. The summed E-state index contributed by atoms with van der Waals surface area (Å²) in [4.78, 5) is 31.3. The van der Waals surface area contributed by atoms with Crippen molar-refractivity contribution < 1.29 is 12.8 Å². The summed E-state index contributed by atoms with van der Waals surface area (Å²) in [5.74, 6) is -0.363. The number of nitrogens with zero attached hydrogens (tertiary/aromatic N) is 6. The Hall–Kier alpha value is -4.79. The number of anilines is 3. The van der Waals surface area contributed by atoms with Gasteiger partial charge in [0.25, 0.3) is 5.56 Å². The van der Waals surface area contributed by atoms with Crippen LogP contribution < -0.4 is 21.5 Å². The lowest BCUT2D eigenvalue weighted by Gasteiger charge is -2.24. The van der Waals surface area contributed by atoms with Crippen LogP contribution in [0.3, 0.4) is 0 Å². The number of aromatic nitrogens is 5. The molecule has 0 bridgehead atoms. The van der Waals surface area contributed by atoms with E-state index in [2.05, 4.69) is 35.9 Å². The highest BCUT2D eigenvalue weighted by Gasteiger charge is 2.19. The summed E-state index contributed by atoms with van der Waals surface area (Å²) < 4.78 is 42.3. The van der Waals surface area contributed by atoms with E-state index in [1.807, 2.05) is 24.3 Å². The molecule has 3 N–H and O–H groups in total. The van der Waals surface area contributed by atoms with Gasteiger partial charge in [0.2, 0.25) is 16.0 Å². The number of sulfonamides is 1. The lowest BCUT2D eigenvalue weighted by atomic mass is 10.0. The fraction of sp³-hybridized carbons (Fsp3) is 0.281. The van der Waals surface area contributed by atoms with Gasteiger partial charge in [-0.05, 0) is 55.8 Å². The van der Waals surface area contributed by atoms with E-state index in [1.54, 1.807) is 18.3 Å². The van der Waals surface area contributed by atoms with E-state index in [1.165, 1.54) is 42.3 Å². The molecule has 0 aliphatic carbocycles. The fourth-order valence-corrected chi connectivity index (χ4v) is 5.77. The maximum atomic E-state index is 15.5. The molecule has 1 aliphatic rings. The lowest BCUT2D eigenvalue weighted by molar-refractivity contribution is 0.449. The first-order chi connectivity index (χ1) is 22.2. The molecular formula is C32H34FN9O3S.